The molecule has 2 rings (SSSR count). The summed E-state index contributed by atoms with van der Waals surface area (Å²) in [5.74, 6) is -0.636. The van der Waals surface area contributed by atoms with Crippen molar-refractivity contribution in [3.8, 4) is 0 Å². The lowest BCUT2D eigenvalue weighted by atomic mass is 10.3. The smallest absolute Gasteiger partial charge is 0.287 e. The number of amides is 2. The molecule has 0 aromatic carbocycles. The van der Waals surface area contributed by atoms with Crippen LogP contribution in [0.5, 0.6) is 0 Å². The number of halogens is 1. The van der Waals surface area contributed by atoms with Crippen molar-refractivity contribution < 1.29 is 19.1 Å². The predicted molar refractivity (Wildman–Crippen MR) is 65.9 cm³/mol. The Morgan fingerprint density at radius 2 is 2.17 bits per heavy atom. The first-order valence-electron chi connectivity index (χ1n) is 5.50. The summed E-state index contributed by atoms with van der Waals surface area (Å²) in [5.41, 5.74) is -0.463. The Kier molecular flexibility index (Phi) is 3.72. The van der Waals surface area contributed by atoms with Gasteiger partial charge in [0, 0.05) is 0 Å². The standard InChI is InChI=1S/C11H13BrN2O4/c12-8-2-1-7(18-8)10(17)13-5-9(16)14-11(6-15)3-4-11/h1-2,15H,3-6H2,(H,13,17)(H,14,16). The van der Waals surface area contributed by atoms with Crippen LogP contribution in [0.1, 0.15) is 23.4 Å². The Morgan fingerprint density at radius 1 is 1.44 bits per heavy atom. The highest BCUT2D eigenvalue weighted by Gasteiger charge is 2.43. The van der Waals surface area contributed by atoms with E-state index in [0.717, 1.165) is 12.8 Å². The molecule has 0 saturated heterocycles. The molecular weight excluding hydrogens is 304 g/mol. The van der Waals surface area contributed by atoms with E-state index in [2.05, 4.69) is 26.6 Å². The van der Waals surface area contributed by atoms with E-state index in [1.54, 1.807) is 6.07 Å². The first-order chi connectivity index (χ1) is 8.54. The summed E-state index contributed by atoms with van der Waals surface area (Å²) in [6.45, 7) is -0.212. The van der Waals surface area contributed by atoms with E-state index in [9.17, 15) is 9.59 Å². The van der Waals surface area contributed by atoms with Crippen LogP contribution in [0.15, 0.2) is 21.2 Å². The molecule has 0 atom stereocenters. The molecule has 1 heterocycles. The number of nitrogens with one attached hydrogen (secondary N) is 2. The highest BCUT2D eigenvalue weighted by Crippen LogP contribution is 2.34. The van der Waals surface area contributed by atoms with Crippen LogP contribution in [0, 0.1) is 0 Å². The van der Waals surface area contributed by atoms with Crippen molar-refractivity contribution in [2.75, 3.05) is 13.2 Å². The summed E-state index contributed by atoms with van der Waals surface area (Å²) in [4.78, 5) is 23.1. The van der Waals surface area contributed by atoms with E-state index in [1.807, 2.05) is 0 Å². The van der Waals surface area contributed by atoms with Crippen LogP contribution < -0.4 is 10.6 Å². The molecule has 1 aromatic heterocycles. The monoisotopic (exact) mass is 316 g/mol. The summed E-state index contributed by atoms with van der Waals surface area (Å²) >= 11 is 3.08. The quantitative estimate of drug-likeness (QED) is 0.734. The van der Waals surface area contributed by atoms with Gasteiger partial charge in [-0.05, 0) is 40.9 Å². The lowest BCUT2D eigenvalue weighted by Gasteiger charge is -2.14. The largest absolute Gasteiger partial charge is 0.444 e. The zero-order chi connectivity index (χ0) is 13.2. The summed E-state index contributed by atoms with van der Waals surface area (Å²) in [5, 5.41) is 14.2. The minimum absolute atomic E-state index is 0.0716. The summed E-state index contributed by atoms with van der Waals surface area (Å²) in [6.07, 6.45) is 1.54. The number of carbonyl (C=O) groups is 2. The van der Waals surface area contributed by atoms with Crippen LogP contribution in [0.2, 0.25) is 0 Å². The number of aliphatic hydroxyl groups is 1. The third-order valence-electron chi connectivity index (χ3n) is 2.77. The molecule has 1 aromatic rings. The van der Waals surface area contributed by atoms with Crippen molar-refractivity contribution in [3.63, 3.8) is 0 Å². The molecule has 1 fully saturated rings. The molecule has 98 valence electrons. The van der Waals surface area contributed by atoms with Crippen LogP contribution in [0.25, 0.3) is 0 Å². The fraction of sp³-hybridized carbons (Fsp3) is 0.455. The van der Waals surface area contributed by atoms with Gasteiger partial charge in [-0.15, -0.1) is 0 Å². The number of carbonyl (C=O) groups excluding carboxylic acids is 2. The molecule has 0 spiro atoms. The van der Waals surface area contributed by atoms with Gasteiger partial charge in [0.15, 0.2) is 10.4 Å². The second-order valence-electron chi connectivity index (χ2n) is 4.27. The van der Waals surface area contributed by atoms with Gasteiger partial charge < -0.3 is 20.2 Å². The van der Waals surface area contributed by atoms with Crippen molar-refractivity contribution in [1.82, 2.24) is 10.6 Å². The lowest BCUT2D eigenvalue weighted by molar-refractivity contribution is -0.121. The van der Waals surface area contributed by atoms with E-state index in [0.29, 0.717) is 4.67 Å². The van der Waals surface area contributed by atoms with E-state index < -0.39 is 11.4 Å². The van der Waals surface area contributed by atoms with Gasteiger partial charge in [-0.2, -0.15) is 0 Å². The minimum atomic E-state index is -0.463. The second kappa shape index (κ2) is 5.11. The average Bonchev–Trinajstić information content (AvgIpc) is 2.99. The summed E-state index contributed by atoms with van der Waals surface area (Å²) in [7, 11) is 0. The van der Waals surface area contributed by atoms with Crippen LogP contribution in [-0.2, 0) is 4.79 Å². The topological polar surface area (TPSA) is 91.6 Å². The maximum absolute atomic E-state index is 11.6. The zero-order valence-electron chi connectivity index (χ0n) is 9.53. The molecule has 1 aliphatic carbocycles. The Bertz CT molecular complexity index is 467. The van der Waals surface area contributed by atoms with Crippen molar-refractivity contribution >= 4 is 27.7 Å². The lowest BCUT2D eigenvalue weighted by Crippen LogP contribution is -2.45. The van der Waals surface area contributed by atoms with Gasteiger partial charge in [0.2, 0.25) is 5.91 Å². The maximum atomic E-state index is 11.6. The van der Waals surface area contributed by atoms with Crippen LogP contribution in [0.4, 0.5) is 0 Å². The maximum Gasteiger partial charge on any atom is 0.287 e. The van der Waals surface area contributed by atoms with E-state index >= 15 is 0 Å². The van der Waals surface area contributed by atoms with Crippen LogP contribution in [0.3, 0.4) is 0 Å². The highest BCUT2D eigenvalue weighted by atomic mass is 79.9. The number of furan rings is 1. The van der Waals surface area contributed by atoms with Crippen molar-refractivity contribution in [1.29, 1.82) is 0 Å². The molecule has 1 aliphatic rings. The van der Waals surface area contributed by atoms with Crippen molar-refractivity contribution in [2.45, 2.75) is 18.4 Å². The Hall–Kier alpha value is -1.34. The van der Waals surface area contributed by atoms with Gasteiger partial charge in [0.1, 0.15) is 0 Å². The number of hydrogen-bond acceptors (Lipinski definition) is 4. The third-order valence-corrected chi connectivity index (χ3v) is 3.19. The Labute approximate surface area is 112 Å². The molecule has 0 bridgehead atoms. The van der Waals surface area contributed by atoms with E-state index in [-0.39, 0.29) is 24.8 Å². The van der Waals surface area contributed by atoms with Gasteiger partial charge in [0.25, 0.3) is 5.91 Å². The normalized spacial score (nSPS) is 16.1. The molecule has 0 unspecified atom stereocenters. The number of hydrogen-bond donors (Lipinski definition) is 3. The van der Waals surface area contributed by atoms with Gasteiger partial charge in [0.05, 0.1) is 18.7 Å². The highest BCUT2D eigenvalue weighted by molar-refractivity contribution is 9.10. The third kappa shape index (κ3) is 3.11. The van der Waals surface area contributed by atoms with Gasteiger partial charge in [-0.3, -0.25) is 9.59 Å². The van der Waals surface area contributed by atoms with Gasteiger partial charge in [-0.25, -0.2) is 0 Å². The fourth-order valence-electron chi connectivity index (χ4n) is 1.50. The Balaban J connectivity index is 1.77. The Morgan fingerprint density at radius 3 is 2.67 bits per heavy atom. The number of aliphatic hydroxyl groups excluding tert-OH is 1. The molecule has 7 heteroatoms. The fourth-order valence-corrected chi connectivity index (χ4v) is 1.80. The molecular formula is C11H13BrN2O4. The second-order valence-corrected chi connectivity index (χ2v) is 5.05. The van der Waals surface area contributed by atoms with E-state index in [1.165, 1.54) is 6.07 Å². The SMILES string of the molecule is O=C(CNC(=O)c1ccc(Br)o1)NC1(CO)CC1. The van der Waals surface area contributed by atoms with Gasteiger partial charge >= 0.3 is 0 Å². The van der Waals surface area contributed by atoms with Crippen LogP contribution in [-0.4, -0.2) is 35.6 Å². The van der Waals surface area contributed by atoms with Crippen LogP contribution >= 0.6 is 15.9 Å². The molecule has 3 N–H and O–H groups in total. The van der Waals surface area contributed by atoms with Crippen molar-refractivity contribution in [3.05, 3.63) is 22.6 Å². The predicted octanol–water partition coefficient (Wildman–Crippen LogP) is 0.413. The van der Waals surface area contributed by atoms with E-state index in [4.69, 9.17) is 9.52 Å². The zero-order valence-corrected chi connectivity index (χ0v) is 11.1. The summed E-state index contributed by atoms with van der Waals surface area (Å²) in [6, 6.07) is 3.10. The van der Waals surface area contributed by atoms with Crippen molar-refractivity contribution in [2.24, 2.45) is 0 Å². The molecule has 0 aliphatic heterocycles. The molecule has 0 radical (unpaired) electrons. The first-order valence-corrected chi connectivity index (χ1v) is 6.29. The molecule has 6 nitrogen and oxygen atoms in total. The minimum Gasteiger partial charge on any atom is -0.444 e. The number of rotatable bonds is 5. The summed E-state index contributed by atoms with van der Waals surface area (Å²) < 4.78 is 5.50. The van der Waals surface area contributed by atoms with Gasteiger partial charge in [-0.1, -0.05) is 0 Å². The molecule has 2 amide bonds. The first kappa shape index (κ1) is 13.1. The molecule has 1 saturated carbocycles. The average molecular weight is 317 g/mol. The molecule has 18 heavy (non-hydrogen) atoms.